The van der Waals surface area contributed by atoms with Crippen molar-refractivity contribution in [2.24, 2.45) is 7.05 Å². The average molecular weight is 304 g/mol. The number of rotatable bonds is 2. The second kappa shape index (κ2) is 6.33. The van der Waals surface area contributed by atoms with Gasteiger partial charge in [0.1, 0.15) is 18.0 Å². The molecule has 7 nitrogen and oxygen atoms in total. The Kier molecular flexibility index (Phi) is 4.50. The van der Waals surface area contributed by atoms with Crippen LogP contribution in [0.15, 0.2) is 23.3 Å². The van der Waals surface area contributed by atoms with E-state index in [1.54, 1.807) is 11.7 Å². The Bertz CT molecular complexity index is 854. The highest BCUT2D eigenvalue weighted by molar-refractivity contribution is 5.94. The van der Waals surface area contributed by atoms with Gasteiger partial charge in [-0.25, -0.2) is 14.5 Å². The Morgan fingerprint density at radius 2 is 2.09 bits per heavy atom. The van der Waals surface area contributed by atoms with Gasteiger partial charge in [-0.15, -0.1) is 0 Å². The molecule has 22 heavy (non-hydrogen) atoms. The summed E-state index contributed by atoms with van der Waals surface area (Å²) in [5.41, 5.74) is 6.04. The first-order chi connectivity index (χ1) is 10.6. The molecule has 0 saturated carbocycles. The van der Waals surface area contributed by atoms with E-state index in [2.05, 4.69) is 20.3 Å². The van der Waals surface area contributed by atoms with Crippen LogP contribution in [0.2, 0.25) is 0 Å². The maximum absolute atomic E-state index is 13.4. The van der Waals surface area contributed by atoms with Gasteiger partial charge in [0, 0.05) is 18.1 Å². The van der Waals surface area contributed by atoms with Crippen LogP contribution in [-0.4, -0.2) is 25.0 Å². The number of anilines is 1. The second-order valence-corrected chi connectivity index (χ2v) is 4.39. The first-order valence-electron chi connectivity index (χ1n) is 6.85. The topological polar surface area (TPSA) is 102 Å². The molecule has 1 aromatic carbocycles. The zero-order chi connectivity index (χ0) is 16.3. The summed E-state index contributed by atoms with van der Waals surface area (Å²) in [5, 5.41) is 10.9. The van der Waals surface area contributed by atoms with Crippen molar-refractivity contribution in [2.45, 2.75) is 20.3 Å². The number of aryl methyl sites for hydroxylation is 1. The third kappa shape index (κ3) is 2.80. The van der Waals surface area contributed by atoms with Crippen LogP contribution in [0, 0.1) is 5.82 Å². The lowest BCUT2D eigenvalue weighted by molar-refractivity contribution is 0.630. The summed E-state index contributed by atoms with van der Waals surface area (Å²) in [4.78, 5) is 15.8. The lowest BCUT2D eigenvalue weighted by Crippen LogP contribution is -2.14. The van der Waals surface area contributed by atoms with E-state index >= 15 is 0 Å². The van der Waals surface area contributed by atoms with Gasteiger partial charge in [-0.05, 0) is 12.1 Å². The largest absolute Gasteiger partial charge is 0.398 e. The molecule has 2 heterocycles. The third-order valence-electron chi connectivity index (χ3n) is 3.09. The van der Waals surface area contributed by atoms with Gasteiger partial charge in [-0.1, -0.05) is 13.8 Å². The average Bonchev–Trinajstić information content (AvgIpc) is 2.89. The normalized spacial score (nSPS) is 10.4. The number of hydrogen-bond acceptors (Lipinski definition) is 5. The SMILES string of the molecule is CC.Cn1ncnc1Cc1n[nH]c(=O)c2cc(F)cc(N)c12. The van der Waals surface area contributed by atoms with Crippen LogP contribution in [0.3, 0.4) is 0 Å². The van der Waals surface area contributed by atoms with Crippen LogP contribution in [0.5, 0.6) is 0 Å². The van der Waals surface area contributed by atoms with E-state index in [4.69, 9.17) is 5.73 Å². The highest BCUT2D eigenvalue weighted by Crippen LogP contribution is 2.23. The van der Waals surface area contributed by atoms with Crippen molar-refractivity contribution in [1.82, 2.24) is 25.0 Å². The van der Waals surface area contributed by atoms with Gasteiger partial charge >= 0.3 is 0 Å². The van der Waals surface area contributed by atoms with Crippen molar-refractivity contribution in [3.63, 3.8) is 0 Å². The molecule has 0 spiro atoms. The number of nitrogens with zero attached hydrogens (tertiary/aromatic N) is 4. The minimum Gasteiger partial charge on any atom is -0.398 e. The predicted molar refractivity (Wildman–Crippen MR) is 81.9 cm³/mol. The summed E-state index contributed by atoms with van der Waals surface area (Å²) >= 11 is 0. The summed E-state index contributed by atoms with van der Waals surface area (Å²) < 4.78 is 15.0. The monoisotopic (exact) mass is 304 g/mol. The van der Waals surface area contributed by atoms with Gasteiger partial charge in [0.25, 0.3) is 5.56 Å². The number of nitrogens with one attached hydrogen (secondary N) is 1. The van der Waals surface area contributed by atoms with E-state index in [9.17, 15) is 9.18 Å². The molecule has 3 rings (SSSR count). The highest BCUT2D eigenvalue weighted by Gasteiger charge is 2.14. The number of fused-ring (bicyclic) bond motifs is 1. The lowest BCUT2D eigenvalue weighted by atomic mass is 10.1. The van der Waals surface area contributed by atoms with Crippen LogP contribution in [0.1, 0.15) is 25.4 Å². The Balaban J connectivity index is 0.000000847. The number of aromatic nitrogens is 5. The lowest BCUT2D eigenvalue weighted by Gasteiger charge is -2.07. The minimum absolute atomic E-state index is 0.176. The van der Waals surface area contributed by atoms with Crippen LogP contribution in [0.4, 0.5) is 10.1 Å². The standard InChI is InChI=1S/C12H11FN6O.C2H6/c1-19-10(15-5-16-19)4-9-11-7(12(20)18-17-9)2-6(13)3-8(11)14;1-2/h2-3,5H,4,14H2,1H3,(H,18,20);1-2H3. The summed E-state index contributed by atoms with van der Waals surface area (Å²) in [6, 6.07) is 2.32. The summed E-state index contributed by atoms with van der Waals surface area (Å²) in [7, 11) is 1.75. The molecule has 3 N–H and O–H groups in total. The van der Waals surface area contributed by atoms with E-state index < -0.39 is 11.4 Å². The van der Waals surface area contributed by atoms with Crippen molar-refractivity contribution in [1.29, 1.82) is 0 Å². The van der Waals surface area contributed by atoms with E-state index in [1.807, 2.05) is 13.8 Å². The van der Waals surface area contributed by atoms with Crippen molar-refractivity contribution in [3.8, 4) is 0 Å². The van der Waals surface area contributed by atoms with Crippen molar-refractivity contribution < 1.29 is 4.39 Å². The molecule has 0 unspecified atom stereocenters. The fourth-order valence-electron chi connectivity index (χ4n) is 2.12. The molecule has 0 saturated heterocycles. The molecule has 116 valence electrons. The molecule has 0 aliphatic heterocycles. The minimum atomic E-state index is -0.559. The molecule has 0 amide bonds. The molecule has 0 fully saturated rings. The number of hydrogen-bond donors (Lipinski definition) is 2. The van der Waals surface area contributed by atoms with Gasteiger partial charge < -0.3 is 5.73 Å². The Labute approximate surface area is 126 Å². The van der Waals surface area contributed by atoms with Gasteiger partial charge in [0.15, 0.2) is 0 Å². The van der Waals surface area contributed by atoms with Crippen molar-refractivity contribution in [2.75, 3.05) is 5.73 Å². The summed E-state index contributed by atoms with van der Waals surface area (Å²) in [6.45, 7) is 4.00. The molecular formula is C14H17FN6O. The van der Waals surface area contributed by atoms with Gasteiger partial charge in [0.2, 0.25) is 0 Å². The molecule has 8 heteroatoms. The van der Waals surface area contributed by atoms with Crippen LogP contribution in [-0.2, 0) is 13.5 Å². The molecule has 2 aromatic heterocycles. The first kappa shape index (κ1) is 15.6. The van der Waals surface area contributed by atoms with E-state index in [-0.39, 0.29) is 11.1 Å². The molecule has 0 bridgehead atoms. The molecule has 0 radical (unpaired) electrons. The Morgan fingerprint density at radius 1 is 1.36 bits per heavy atom. The highest BCUT2D eigenvalue weighted by atomic mass is 19.1. The third-order valence-corrected chi connectivity index (χ3v) is 3.09. The number of H-pyrrole nitrogens is 1. The van der Waals surface area contributed by atoms with Gasteiger partial charge in [0.05, 0.1) is 17.5 Å². The van der Waals surface area contributed by atoms with Crippen LogP contribution < -0.4 is 11.3 Å². The van der Waals surface area contributed by atoms with Crippen molar-refractivity contribution in [3.05, 3.63) is 46.1 Å². The summed E-state index contributed by atoms with van der Waals surface area (Å²) in [6.07, 6.45) is 1.76. The first-order valence-corrected chi connectivity index (χ1v) is 6.85. The zero-order valence-corrected chi connectivity index (χ0v) is 12.6. The molecule has 3 aromatic rings. The predicted octanol–water partition coefficient (Wildman–Crippen LogP) is 1.39. The Hall–Kier alpha value is -2.77. The quantitative estimate of drug-likeness (QED) is 0.696. The smallest absolute Gasteiger partial charge is 0.272 e. The van der Waals surface area contributed by atoms with E-state index in [1.165, 1.54) is 12.4 Å². The fraction of sp³-hybridized carbons (Fsp3) is 0.286. The molecule has 0 aliphatic rings. The maximum Gasteiger partial charge on any atom is 0.272 e. The number of aromatic amines is 1. The summed E-state index contributed by atoms with van der Waals surface area (Å²) in [5.74, 6) is 0.103. The van der Waals surface area contributed by atoms with E-state index in [0.717, 1.165) is 6.07 Å². The maximum atomic E-state index is 13.4. The molecule has 0 aliphatic carbocycles. The van der Waals surface area contributed by atoms with Gasteiger partial charge in [-0.2, -0.15) is 10.2 Å². The zero-order valence-electron chi connectivity index (χ0n) is 12.6. The number of nitrogens with two attached hydrogens (primary N) is 1. The Morgan fingerprint density at radius 3 is 2.73 bits per heavy atom. The molecule has 0 atom stereocenters. The van der Waals surface area contributed by atoms with Crippen molar-refractivity contribution >= 4 is 16.5 Å². The second-order valence-electron chi connectivity index (χ2n) is 4.39. The number of halogens is 1. The number of benzene rings is 1. The number of nitrogen functional groups attached to an aromatic ring is 1. The van der Waals surface area contributed by atoms with Crippen LogP contribution in [0.25, 0.3) is 10.8 Å². The van der Waals surface area contributed by atoms with Gasteiger partial charge in [-0.3, -0.25) is 9.48 Å². The fourth-order valence-corrected chi connectivity index (χ4v) is 2.12. The molecular weight excluding hydrogens is 287 g/mol. The van der Waals surface area contributed by atoms with Crippen LogP contribution >= 0.6 is 0 Å². The van der Waals surface area contributed by atoms with E-state index in [0.29, 0.717) is 23.3 Å².